The molecule has 0 fully saturated rings. The Morgan fingerprint density at radius 3 is 2.55 bits per heavy atom. The first-order valence-electron chi connectivity index (χ1n) is 6.30. The van der Waals surface area contributed by atoms with Gasteiger partial charge >= 0.3 is 0 Å². The van der Waals surface area contributed by atoms with E-state index >= 15 is 0 Å². The maximum absolute atomic E-state index is 12.0. The highest BCUT2D eigenvalue weighted by atomic mass is 16.5. The summed E-state index contributed by atoms with van der Waals surface area (Å²) in [5.41, 5.74) is 0.216. The summed E-state index contributed by atoms with van der Waals surface area (Å²) >= 11 is 0. The van der Waals surface area contributed by atoms with E-state index < -0.39 is 24.5 Å². The zero-order valence-electron chi connectivity index (χ0n) is 11.5. The summed E-state index contributed by atoms with van der Waals surface area (Å²) in [6.07, 6.45) is 0. The van der Waals surface area contributed by atoms with Crippen molar-refractivity contribution in [1.29, 1.82) is 0 Å². The van der Waals surface area contributed by atoms with Crippen molar-refractivity contribution in [3.05, 3.63) is 29.8 Å². The number of carbonyl (C=O) groups is 2. The summed E-state index contributed by atoms with van der Waals surface area (Å²) in [6.45, 7) is 3.65. The molecule has 0 aromatic heterocycles. The number of carbonyl (C=O) groups excluding carboxylic acids is 2. The van der Waals surface area contributed by atoms with Gasteiger partial charge in [-0.1, -0.05) is 26.0 Å². The predicted octanol–water partition coefficient (Wildman–Crippen LogP) is -0.438. The van der Waals surface area contributed by atoms with Gasteiger partial charge in [-0.15, -0.1) is 0 Å². The fourth-order valence-electron chi connectivity index (χ4n) is 1.45. The molecule has 110 valence electrons. The average molecular weight is 280 g/mol. The van der Waals surface area contributed by atoms with Gasteiger partial charge in [0.2, 0.25) is 0 Å². The normalized spacial score (nSPS) is 12.0. The molecule has 6 nitrogen and oxygen atoms in total. The molecule has 2 N–H and O–H groups in total. The maximum atomic E-state index is 12.0. The van der Waals surface area contributed by atoms with Crippen molar-refractivity contribution >= 4 is 11.9 Å². The first-order valence-corrected chi connectivity index (χ1v) is 6.30. The summed E-state index contributed by atoms with van der Waals surface area (Å²) in [7, 11) is 0. The minimum Gasteiger partial charge on any atom is -0.548 e. The van der Waals surface area contributed by atoms with Crippen LogP contribution in [0.25, 0.3) is 0 Å². The second kappa shape index (κ2) is 7.49. The third-order valence-electron chi connectivity index (χ3n) is 2.48. The lowest BCUT2D eigenvalue weighted by atomic mass is 10.1. The van der Waals surface area contributed by atoms with E-state index in [1.165, 1.54) is 6.07 Å². The van der Waals surface area contributed by atoms with Crippen LogP contribution < -0.4 is 15.2 Å². The minimum absolute atomic E-state index is 0.216. The Balaban J connectivity index is 2.84. The second-order valence-corrected chi connectivity index (χ2v) is 4.73. The molecule has 6 heteroatoms. The number of para-hydroxylation sites is 1. The molecule has 0 saturated carbocycles. The van der Waals surface area contributed by atoms with E-state index in [1.54, 1.807) is 18.2 Å². The Bertz CT molecular complexity index is 472. The number of aliphatic hydroxyl groups is 1. The highest BCUT2D eigenvalue weighted by Gasteiger charge is 2.17. The number of carboxylic acids is 1. The van der Waals surface area contributed by atoms with Crippen molar-refractivity contribution in [3.8, 4) is 5.75 Å². The van der Waals surface area contributed by atoms with Crippen LogP contribution in [0.5, 0.6) is 5.75 Å². The number of carboxylic acid groups (broad SMARTS) is 1. The molecule has 0 unspecified atom stereocenters. The van der Waals surface area contributed by atoms with Crippen LogP contribution in [0.4, 0.5) is 0 Å². The van der Waals surface area contributed by atoms with E-state index in [2.05, 4.69) is 5.32 Å². The Morgan fingerprint density at radius 2 is 2.00 bits per heavy atom. The van der Waals surface area contributed by atoms with Crippen LogP contribution in [-0.2, 0) is 4.79 Å². The Morgan fingerprint density at radius 1 is 1.35 bits per heavy atom. The third kappa shape index (κ3) is 4.55. The van der Waals surface area contributed by atoms with Gasteiger partial charge in [-0.2, -0.15) is 0 Å². The van der Waals surface area contributed by atoms with Crippen LogP contribution in [0.3, 0.4) is 0 Å². The van der Waals surface area contributed by atoms with E-state index in [9.17, 15) is 14.7 Å². The largest absolute Gasteiger partial charge is 0.548 e. The van der Waals surface area contributed by atoms with Crippen molar-refractivity contribution in [2.45, 2.75) is 19.9 Å². The van der Waals surface area contributed by atoms with E-state index in [0.29, 0.717) is 18.3 Å². The molecule has 0 bridgehead atoms. The molecule has 0 aliphatic rings. The number of benzene rings is 1. The predicted molar refractivity (Wildman–Crippen MR) is 70.1 cm³/mol. The number of ether oxygens (including phenoxy) is 1. The third-order valence-corrected chi connectivity index (χ3v) is 2.48. The lowest BCUT2D eigenvalue weighted by Crippen LogP contribution is -2.50. The fraction of sp³-hybridized carbons (Fsp3) is 0.429. The smallest absolute Gasteiger partial charge is 0.255 e. The van der Waals surface area contributed by atoms with Crippen molar-refractivity contribution in [2.24, 2.45) is 5.92 Å². The molecule has 1 atom stereocenters. The molecule has 1 rings (SSSR count). The number of amides is 1. The second-order valence-electron chi connectivity index (χ2n) is 4.73. The van der Waals surface area contributed by atoms with Gasteiger partial charge in [-0.25, -0.2) is 0 Å². The number of rotatable bonds is 7. The Kier molecular flexibility index (Phi) is 5.99. The van der Waals surface area contributed by atoms with E-state index in [4.69, 9.17) is 9.84 Å². The van der Waals surface area contributed by atoms with Gasteiger partial charge < -0.3 is 25.1 Å². The highest BCUT2D eigenvalue weighted by Crippen LogP contribution is 2.18. The van der Waals surface area contributed by atoms with Crippen molar-refractivity contribution in [1.82, 2.24) is 5.32 Å². The van der Waals surface area contributed by atoms with Crippen LogP contribution >= 0.6 is 0 Å². The van der Waals surface area contributed by atoms with Gasteiger partial charge in [0.05, 0.1) is 30.8 Å². The molecule has 0 spiro atoms. The first-order chi connectivity index (χ1) is 9.45. The zero-order chi connectivity index (χ0) is 15.1. The average Bonchev–Trinajstić information content (AvgIpc) is 2.42. The molecule has 1 aromatic carbocycles. The molecule has 20 heavy (non-hydrogen) atoms. The van der Waals surface area contributed by atoms with Crippen LogP contribution in [0.15, 0.2) is 24.3 Å². The SMILES string of the molecule is CC(C)COc1ccccc1C(=O)N[C@@H](CO)C(=O)[O-]. The Hall–Kier alpha value is -2.08. The molecular formula is C14H18NO5-. The molecule has 0 aliphatic heterocycles. The number of nitrogens with one attached hydrogen (secondary N) is 1. The molecular weight excluding hydrogens is 262 g/mol. The van der Waals surface area contributed by atoms with E-state index in [-0.39, 0.29) is 5.56 Å². The summed E-state index contributed by atoms with van der Waals surface area (Å²) in [6, 6.07) is 5.07. The summed E-state index contributed by atoms with van der Waals surface area (Å²) in [4.78, 5) is 22.7. The molecule has 1 aromatic rings. The van der Waals surface area contributed by atoms with E-state index in [0.717, 1.165) is 0 Å². The van der Waals surface area contributed by atoms with Gasteiger partial charge in [-0.3, -0.25) is 4.79 Å². The van der Waals surface area contributed by atoms with Gasteiger partial charge in [0, 0.05) is 0 Å². The number of aliphatic hydroxyl groups excluding tert-OH is 1. The minimum atomic E-state index is -1.54. The number of aliphatic carboxylic acids is 1. The molecule has 0 heterocycles. The molecule has 0 radical (unpaired) electrons. The van der Waals surface area contributed by atoms with E-state index in [1.807, 2.05) is 13.8 Å². The van der Waals surface area contributed by atoms with Crippen LogP contribution in [0.2, 0.25) is 0 Å². The lowest BCUT2D eigenvalue weighted by Gasteiger charge is -2.18. The highest BCUT2D eigenvalue weighted by molar-refractivity contribution is 5.98. The van der Waals surface area contributed by atoms with Crippen LogP contribution in [0.1, 0.15) is 24.2 Å². The molecule has 0 saturated heterocycles. The van der Waals surface area contributed by atoms with Crippen molar-refractivity contribution in [2.75, 3.05) is 13.2 Å². The summed E-state index contributed by atoms with van der Waals surface area (Å²) in [5, 5.41) is 21.7. The number of hydrogen-bond donors (Lipinski definition) is 2. The number of hydrogen-bond acceptors (Lipinski definition) is 5. The molecule has 0 aliphatic carbocycles. The van der Waals surface area contributed by atoms with Gasteiger partial charge in [0.15, 0.2) is 0 Å². The standard InChI is InChI=1S/C14H19NO5/c1-9(2)8-20-12-6-4-3-5-10(12)13(17)15-11(7-16)14(18)19/h3-6,9,11,16H,7-8H2,1-2H3,(H,15,17)(H,18,19)/p-1/t11-/m0/s1. The van der Waals surface area contributed by atoms with Gasteiger partial charge in [0.25, 0.3) is 5.91 Å². The van der Waals surface area contributed by atoms with Gasteiger partial charge in [-0.05, 0) is 18.1 Å². The molecule has 1 amide bonds. The summed E-state index contributed by atoms with van der Waals surface area (Å²) in [5.74, 6) is -1.51. The topological polar surface area (TPSA) is 98.7 Å². The zero-order valence-corrected chi connectivity index (χ0v) is 11.5. The maximum Gasteiger partial charge on any atom is 0.255 e. The van der Waals surface area contributed by atoms with Gasteiger partial charge in [0.1, 0.15) is 5.75 Å². The Labute approximate surface area is 117 Å². The lowest BCUT2D eigenvalue weighted by molar-refractivity contribution is -0.308. The van der Waals surface area contributed by atoms with Crippen LogP contribution in [-0.4, -0.2) is 36.2 Å². The monoisotopic (exact) mass is 280 g/mol. The first kappa shape index (κ1) is 16.0. The quantitative estimate of drug-likeness (QED) is 0.705. The van der Waals surface area contributed by atoms with Crippen molar-refractivity contribution in [3.63, 3.8) is 0 Å². The van der Waals surface area contributed by atoms with Crippen LogP contribution in [0, 0.1) is 5.92 Å². The van der Waals surface area contributed by atoms with Crippen molar-refractivity contribution < 1.29 is 24.5 Å². The fourth-order valence-corrected chi connectivity index (χ4v) is 1.45. The summed E-state index contributed by atoms with van der Waals surface area (Å²) < 4.78 is 5.51.